The molecular weight excluding hydrogens is 356 g/mol. The van der Waals surface area contributed by atoms with Gasteiger partial charge < -0.3 is 19.1 Å². The summed E-state index contributed by atoms with van der Waals surface area (Å²) < 4.78 is 13.0. The highest BCUT2D eigenvalue weighted by Gasteiger charge is 2.27. The van der Waals surface area contributed by atoms with E-state index in [0.29, 0.717) is 25.0 Å². The van der Waals surface area contributed by atoms with Gasteiger partial charge in [-0.3, -0.25) is 9.69 Å². The predicted octanol–water partition coefficient (Wildman–Crippen LogP) is 2.40. The second-order valence-corrected chi connectivity index (χ2v) is 7.21. The zero-order valence-corrected chi connectivity index (χ0v) is 16.3. The van der Waals surface area contributed by atoms with Gasteiger partial charge in [0, 0.05) is 43.8 Å². The lowest BCUT2D eigenvalue weighted by atomic mass is 9.97. The molecule has 0 radical (unpaired) electrons. The zero-order chi connectivity index (χ0) is 19.8. The van der Waals surface area contributed by atoms with Crippen LogP contribution in [0.4, 0.5) is 0 Å². The highest BCUT2D eigenvalue weighted by Crippen LogP contribution is 2.38. The average Bonchev–Trinajstić information content (AvgIpc) is 2.69. The van der Waals surface area contributed by atoms with Crippen LogP contribution in [0.2, 0.25) is 0 Å². The summed E-state index contributed by atoms with van der Waals surface area (Å²) >= 11 is 0. The fourth-order valence-corrected chi connectivity index (χ4v) is 3.84. The average molecular weight is 380 g/mol. The highest BCUT2D eigenvalue weighted by atomic mass is 16.5. The molecular formula is C22H24N2O4. The topological polar surface area (TPSA) is 63.9 Å². The lowest BCUT2D eigenvalue weighted by molar-refractivity contribution is -0.00358. The van der Waals surface area contributed by atoms with E-state index in [-0.39, 0.29) is 11.7 Å². The molecule has 0 amide bonds. The molecule has 6 nitrogen and oxygen atoms in total. The van der Waals surface area contributed by atoms with Crippen molar-refractivity contribution in [1.82, 2.24) is 9.47 Å². The van der Waals surface area contributed by atoms with Crippen LogP contribution in [0, 0.1) is 0 Å². The van der Waals surface area contributed by atoms with E-state index in [2.05, 4.69) is 4.90 Å². The van der Waals surface area contributed by atoms with Crippen molar-refractivity contribution in [2.75, 3.05) is 27.3 Å². The molecule has 1 aliphatic heterocycles. The predicted molar refractivity (Wildman–Crippen MR) is 109 cm³/mol. The third kappa shape index (κ3) is 3.15. The van der Waals surface area contributed by atoms with E-state index < -0.39 is 0 Å². The van der Waals surface area contributed by atoms with Gasteiger partial charge in [-0.25, -0.2) is 0 Å². The summed E-state index contributed by atoms with van der Waals surface area (Å²) in [5.74, 6) is 1.46. The molecule has 2 aromatic carbocycles. The number of aromatic nitrogens is 1. The molecule has 1 aromatic heterocycles. The van der Waals surface area contributed by atoms with E-state index in [0.717, 1.165) is 33.6 Å². The molecule has 146 valence electrons. The Morgan fingerprint density at radius 1 is 1.07 bits per heavy atom. The summed E-state index contributed by atoms with van der Waals surface area (Å²) in [5, 5.41) is 11.1. The van der Waals surface area contributed by atoms with Crippen molar-refractivity contribution in [1.29, 1.82) is 0 Å². The number of nitrogens with zero attached hydrogens (tertiary/aromatic N) is 2. The molecule has 0 spiro atoms. The molecule has 0 unspecified atom stereocenters. The Kier molecular flexibility index (Phi) is 4.83. The number of hydrogen-bond acceptors (Lipinski definition) is 5. The number of aryl methyl sites for hydroxylation is 1. The van der Waals surface area contributed by atoms with Crippen molar-refractivity contribution < 1.29 is 14.6 Å². The number of aliphatic hydroxyl groups is 1. The van der Waals surface area contributed by atoms with E-state index >= 15 is 0 Å². The number of β-amino-alcohol motifs (C(OH)–C–C–N with tert-alkyl or cyclic N) is 1. The van der Waals surface area contributed by atoms with E-state index in [9.17, 15) is 9.90 Å². The van der Waals surface area contributed by atoms with Gasteiger partial charge in [-0.15, -0.1) is 0 Å². The number of likely N-dealkylation sites (tertiary alicyclic amines) is 1. The number of pyridine rings is 1. The van der Waals surface area contributed by atoms with Crippen molar-refractivity contribution in [3.05, 3.63) is 58.5 Å². The Balaban J connectivity index is 1.86. The number of rotatable bonds is 5. The second kappa shape index (κ2) is 7.30. The van der Waals surface area contributed by atoms with Crippen LogP contribution >= 0.6 is 0 Å². The third-order valence-electron chi connectivity index (χ3n) is 5.33. The van der Waals surface area contributed by atoms with Crippen LogP contribution in [0.5, 0.6) is 11.5 Å². The molecule has 1 fully saturated rings. The maximum atomic E-state index is 12.5. The molecule has 28 heavy (non-hydrogen) atoms. The number of hydrogen-bond donors (Lipinski definition) is 1. The zero-order valence-electron chi connectivity index (χ0n) is 16.3. The first-order chi connectivity index (χ1) is 13.5. The van der Waals surface area contributed by atoms with Gasteiger partial charge in [0.15, 0.2) is 0 Å². The van der Waals surface area contributed by atoms with Crippen molar-refractivity contribution in [3.63, 3.8) is 0 Å². The standard InChI is InChI=1S/C22H24N2O4/c1-23-12-18(16-6-4-5-7-17(16)22(23)26)14-8-20(27-2)19(21(9-14)28-3)13-24-10-15(25)11-24/h4-9,12,15,25H,10-11,13H2,1-3H3. The van der Waals surface area contributed by atoms with Gasteiger partial charge in [0.05, 0.1) is 25.9 Å². The van der Waals surface area contributed by atoms with Gasteiger partial charge >= 0.3 is 0 Å². The second-order valence-electron chi connectivity index (χ2n) is 7.21. The quantitative estimate of drug-likeness (QED) is 0.736. The summed E-state index contributed by atoms with van der Waals surface area (Å²) in [6, 6.07) is 11.6. The number of methoxy groups -OCH3 is 2. The molecule has 1 saturated heterocycles. The molecule has 0 saturated carbocycles. The summed E-state index contributed by atoms with van der Waals surface area (Å²) in [6.07, 6.45) is 1.60. The highest BCUT2D eigenvalue weighted by molar-refractivity contribution is 5.96. The first kappa shape index (κ1) is 18.5. The maximum absolute atomic E-state index is 12.5. The molecule has 0 bridgehead atoms. The lowest BCUT2D eigenvalue weighted by Gasteiger charge is -2.36. The Hall–Kier alpha value is -2.83. The molecule has 6 heteroatoms. The van der Waals surface area contributed by atoms with Crippen LogP contribution < -0.4 is 15.0 Å². The Morgan fingerprint density at radius 2 is 1.68 bits per heavy atom. The maximum Gasteiger partial charge on any atom is 0.258 e. The molecule has 4 rings (SSSR count). The number of benzene rings is 2. The minimum atomic E-state index is -0.256. The Labute approximate surface area is 163 Å². The molecule has 3 aromatic rings. The first-order valence-electron chi connectivity index (χ1n) is 9.26. The lowest BCUT2D eigenvalue weighted by Crippen LogP contribution is -2.49. The van der Waals surface area contributed by atoms with E-state index in [1.807, 2.05) is 42.6 Å². The molecule has 0 atom stereocenters. The van der Waals surface area contributed by atoms with Crippen LogP contribution in [0.1, 0.15) is 5.56 Å². The smallest absolute Gasteiger partial charge is 0.258 e. The molecule has 2 heterocycles. The normalized spacial score (nSPS) is 14.9. The summed E-state index contributed by atoms with van der Waals surface area (Å²) in [6.45, 7) is 1.96. The number of fused-ring (bicyclic) bond motifs is 1. The fourth-order valence-electron chi connectivity index (χ4n) is 3.84. The monoisotopic (exact) mass is 380 g/mol. The van der Waals surface area contributed by atoms with Gasteiger partial charge in [0.2, 0.25) is 0 Å². The minimum absolute atomic E-state index is 0.0220. The largest absolute Gasteiger partial charge is 0.496 e. The number of aliphatic hydroxyl groups excluding tert-OH is 1. The molecule has 1 N–H and O–H groups in total. The summed E-state index contributed by atoms with van der Waals surface area (Å²) in [5.41, 5.74) is 2.80. The number of ether oxygens (including phenoxy) is 2. The van der Waals surface area contributed by atoms with Crippen molar-refractivity contribution in [2.24, 2.45) is 7.05 Å². The van der Waals surface area contributed by atoms with Crippen LogP contribution in [0.25, 0.3) is 21.9 Å². The molecule has 0 aliphatic carbocycles. The van der Waals surface area contributed by atoms with Crippen LogP contribution in [0.15, 0.2) is 47.4 Å². The molecule has 1 aliphatic rings. The van der Waals surface area contributed by atoms with Crippen molar-refractivity contribution >= 4 is 10.8 Å². The van der Waals surface area contributed by atoms with Crippen LogP contribution in [-0.4, -0.2) is 48.0 Å². The first-order valence-corrected chi connectivity index (χ1v) is 9.26. The fraction of sp³-hybridized carbons (Fsp3) is 0.318. The van der Waals surface area contributed by atoms with Gasteiger partial charge in [-0.05, 0) is 29.1 Å². The SMILES string of the molecule is COc1cc(-c2cn(C)c(=O)c3ccccc23)cc(OC)c1CN1CC(O)C1. The third-order valence-corrected chi connectivity index (χ3v) is 5.33. The van der Waals surface area contributed by atoms with Crippen molar-refractivity contribution in [3.8, 4) is 22.6 Å². The van der Waals surface area contributed by atoms with Crippen molar-refractivity contribution in [2.45, 2.75) is 12.6 Å². The van der Waals surface area contributed by atoms with Gasteiger partial charge in [-0.2, -0.15) is 0 Å². The summed E-state index contributed by atoms with van der Waals surface area (Å²) in [4.78, 5) is 14.6. The van der Waals surface area contributed by atoms with Crippen LogP contribution in [0.3, 0.4) is 0 Å². The van der Waals surface area contributed by atoms with E-state index in [1.165, 1.54) is 0 Å². The minimum Gasteiger partial charge on any atom is -0.496 e. The Bertz CT molecular complexity index is 1060. The van der Waals surface area contributed by atoms with E-state index in [4.69, 9.17) is 9.47 Å². The summed E-state index contributed by atoms with van der Waals surface area (Å²) in [7, 11) is 5.05. The Morgan fingerprint density at radius 3 is 2.25 bits per heavy atom. The van der Waals surface area contributed by atoms with Crippen LogP contribution in [-0.2, 0) is 13.6 Å². The van der Waals surface area contributed by atoms with E-state index in [1.54, 1.807) is 25.8 Å². The van der Waals surface area contributed by atoms with Gasteiger partial charge in [0.1, 0.15) is 11.5 Å². The van der Waals surface area contributed by atoms with Gasteiger partial charge in [0.25, 0.3) is 5.56 Å². The van der Waals surface area contributed by atoms with Gasteiger partial charge in [-0.1, -0.05) is 18.2 Å².